The molecule has 23 heavy (non-hydrogen) atoms. The van der Waals surface area contributed by atoms with Gasteiger partial charge in [-0.2, -0.15) is 0 Å². The molecule has 1 saturated heterocycles. The second-order valence-electron chi connectivity index (χ2n) is 6.89. The molecule has 6 heteroatoms. The molecule has 0 bridgehead atoms. The summed E-state index contributed by atoms with van der Waals surface area (Å²) in [6.07, 6.45) is -0.341. The van der Waals surface area contributed by atoms with E-state index < -0.39 is 5.60 Å². The first-order chi connectivity index (χ1) is 10.8. The highest BCUT2D eigenvalue weighted by Gasteiger charge is 2.37. The van der Waals surface area contributed by atoms with Gasteiger partial charge in [-0.15, -0.1) is 0 Å². The molecule has 1 atom stereocenters. The minimum atomic E-state index is -0.528. The van der Waals surface area contributed by atoms with E-state index in [-0.39, 0.29) is 18.0 Å². The van der Waals surface area contributed by atoms with Crippen LogP contribution in [0.1, 0.15) is 31.1 Å². The predicted octanol–water partition coefficient (Wildman–Crippen LogP) is 2.14. The Bertz CT molecular complexity index is 623. The molecule has 0 saturated carbocycles. The van der Waals surface area contributed by atoms with Gasteiger partial charge in [0.2, 0.25) is 0 Å². The van der Waals surface area contributed by atoms with Gasteiger partial charge in [0.25, 0.3) is 5.91 Å². The van der Waals surface area contributed by atoms with Crippen LogP contribution in [0.15, 0.2) is 24.3 Å². The third-order valence-corrected chi connectivity index (χ3v) is 3.94. The molecule has 0 N–H and O–H groups in total. The lowest BCUT2D eigenvalue weighted by Gasteiger charge is -2.40. The quantitative estimate of drug-likeness (QED) is 0.735. The fourth-order valence-electron chi connectivity index (χ4n) is 2.87. The molecule has 2 heterocycles. The second kappa shape index (κ2) is 5.76. The predicted molar refractivity (Wildman–Crippen MR) is 84.6 cm³/mol. The van der Waals surface area contributed by atoms with Gasteiger partial charge in [0.15, 0.2) is 0 Å². The number of rotatable bonds is 0. The zero-order chi connectivity index (χ0) is 16.6. The molecule has 0 spiro atoms. The van der Waals surface area contributed by atoms with Crippen molar-refractivity contribution in [1.29, 1.82) is 0 Å². The summed E-state index contributed by atoms with van der Waals surface area (Å²) in [5.74, 6) is 0.572. The molecule has 3 rings (SSSR count). The van der Waals surface area contributed by atoms with Crippen LogP contribution < -0.4 is 4.74 Å². The number of hydrogen-bond acceptors (Lipinski definition) is 4. The van der Waals surface area contributed by atoms with E-state index in [2.05, 4.69) is 0 Å². The van der Waals surface area contributed by atoms with Crippen LogP contribution in [0, 0.1) is 0 Å². The Hall–Kier alpha value is -2.24. The van der Waals surface area contributed by atoms with Gasteiger partial charge < -0.3 is 19.3 Å². The third kappa shape index (κ3) is 3.25. The smallest absolute Gasteiger partial charge is 0.410 e. The number of carbonyl (C=O) groups is 2. The van der Waals surface area contributed by atoms with Gasteiger partial charge >= 0.3 is 6.09 Å². The zero-order valence-electron chi connectivity index (χ0n) is 13.7. The maximum atomic E-state index is 12.7. The zero-order valence-corrected chi connectivity index (χ0v) is 13.7. The molecule has 1 aromatic carbocycles. The summed E-state index contributed by atoms with van der Waals surface area (Å²) >= 11 is 0. The largest absolute Gasteiger partial charge is 0.491 e. The molecule has 1 unspecified atom stereocenters. The van der Waals surface area contributed by atoms with E-state index in [1.54, 1.807) is 21.9 Å². The summed E-state index contributed by atoms with van der Waals surface area (Å²) in [7, 11) is 0. The van der Waals surface area contributed by atoms with E-state index in [0.29, 0.717) is 37.6 Å². The lowest BCUT2D eigenvalue weighted by Crippen LogP contribution is -2.58. The fourth-order valence-corrected chi connectivity index (χ4v) is 2.87. The highest BCUT2D eigenvalue weighted by molar-refractivity contribution is 5.97. The van der Waals surface area contributed by atoms with Crippen molar-refractivity contribution in [2.45, 2.75) is 32.4 Å². The van der Waals surface area contributed by atoms with E-state index in [1.807, 2.05) is 32.9 Å². The number of piperazine rings is 1. The first kappa shape index (κ1) is 15.6. The first-order valence-electron chi connectivity index (χ1n) is 7.86. The van der Waals surface area contributed by atoms with Gasteiger partial charge in [0, 0.05) is 19.6 Å². The molecule has 124 valence electrons. The van der Waals surface area contributed by atoms with Crippen molar-refractivity contribution in [1.82, 2.24) is 9.80 Å². The van der Waals surface area contributed by atoms with Crippen LogP contribution in [0.4, 0.5) is 4.79 Å². The van der Waals surface area contributed by atoms with Gasteiger partial charge in [-0.25, -0.2) is 4.79 Å². The normalized spacial score (nSPS) is 21.0. The van der Waals surface area contributed by atoms with Crippen molar-refractivity contribution >= 4 is 12.0 Å². The number of fused-ring (bicyclic) bond motifs is 2. The molecule has 2 amide bonds. The van der Waals surface area contributed by atoms with Crippen LogP contribution in [-0.4, -0.2) is 59.7 Å². The Morgan fingerprint density at radius 1 is 1.26 bits per heavy atom. The monoisotopic (exact) mass is 318 g/mol. The van der Waals surface area contributed by atoms with Crippen molar-refractivity contribution in [2.75, 3.05) is 26.2 Å². The second-order valence-corrected chi connectivity index (χ2v) is 6.89. The molecule has 0 radical (unpaired) electrons. The van der Waals surface area contributed by atoms with E-state index >= 15 is 0 Å². The minimum absolute atomic E-state index is 0.0352. The van der Waals surface area contributed by atoms with Crippen molar-refractivity contribution in [2.24, 2.45) is 0 Å². The van der Waals surface area contributed by atoms with Crippen LogP contribution in [0.2, 0.25) is 0 Å². The summed E-state index contributed by atoms with van der Waals surface area (Å²) in [5.41, 5.74) is 0.0564. The third-order valence-electron chi connectivity index (χ3n) is 3.94. The molecular formula is C17H22N2O4. The number of benzene rings is 1. The number of para-hydroxylation sites is 1. The van der Waals surface area contributed by atoms with Gasteiger partial charge in [0.1, 0.15) is 18.0 Å². The molecule has 6 nitrogen and oxygen atoms in total. The summed E-state index contributed by atoms with van der Waals surface area (Å²) in [5, 5.41) is 0. The summed E-state index contributed by atoms with van der Waals surface area (Å²) in [6.45, 7) is 7.29. The van der Waals surface area contributed by atoms with Crippen LogP contribution in [0.5, 0.6) is 5.75 Å². The van der Waals surface area contributed by atoms with Crippen molar-refractivity contribution < 1.29 is 19.1 Å². The van der Waals surface area contributed by atoms with Crippen molar-refractivity contribution in [3.05, 3.63) is 29.8 Å². The number of amides is 2. The highest BCUT2D eigenvalue weighted by atomic mass is 16.6. The highest BCUT2D eigenvalue weighted by Crippen LogP contribution is 2.26. The number of ether oxygens (including phenoxy) is 2. The van der Waals surface area contributed by atoms with Crippen LogP contribution >= 0.6 is 0 Å². The molecule has 1 aromatic rings. The topological polar surface area (TPSA) is 59.1 Å². The Balaban J connectivity index is 1.74. The average molecular weight is 318 g/mol. The van der Waals surface area contributed by atoms with Gasteiger partial charge in [-0.05, 0) is 32.9 Å². The lowest BCUT2D eigenvalue weighted by atomic mass is 10.1. The van der Waals surface area contributed by atoms with Crippen LogP contribution in [0.3, 0.4) is 0 Å². The van der Waals surface area contributed by atoms with E-state index in [0.717, 1.165) is 0 Å². The van der Waals surface area contributed by atoms with E-state index in [9.17, 15) is 9.59 Å². The molecule has 2 aliphatic rings. The Morgan fingerprint density at radius 3 is 2.74 bits per heavy atom. The van der Waals surface area contributed by atoms with Gasteiger partial charge in [0.05, 0.1) is 11.6 Å². The van der Waals surface area contributed by atoms with Crippen LogP contribution in [0.25, 0.3) is 0 Å². The first-order valence-corrected chi connectivity index (χ1v) is 7.86. The maximum Gasteiger partial charge on any atom is 0.410 e. The van der Waals surface area contributed by atoms with Crippen LogP contribution in [-0.2, 0) is 4.74 Å². The number of carbonyl (C=O) groups excluding carboxylic acids is 2. The summed E-state index contributed by atoms with van der Waals surface area (Å²) in [4.78, 5) is 28.4. The Labute approximate surface area is 136 Å². The number of nitrogens with zero attached hydrogens (tertiary/aromatic N) is 2. The van der Waals surface area contributed by atoms with Crippen molar-refractivity contribution in [3.63, 3.8) is 0 Å². The Morgan fingerprint density at radius 2 is 2.00 bits per heavy atom. The van der Waals surface area contributed by atoms with E-state index in [1.165, 1.54) is 0 Å². The standard InChI is InChI=1S/C17H22N2O4/c1-17(2,3)23-16(21)18-8-9-19-12(10-18)11-22-14-7-5-4-6-13(14)15(19)20/h4-7,12H,8-11H2,1-3H3. The molecule has 2 aliphatic heterocycles. The maximum absolute atomic E-state index is 12.7. The summed E-state index contributed by atoms with van der Waals surface area (Å²) in [6, 6.07) is 7.11. The molecule has 0 aliphatic carbocycles. The fraction of sp³-hybridized carbons (Fsp3) is 0.529. The minimum Gasteiger partial charge on any atom is -0.491 e. The lowest BCUT2D eigenvalue weighted by molar-refractivity contribution is 0.000952. The number of hydrogen-bond donors (Lipinski definition) is 0. The van der Waals surface area contributed by atoms with E-state index in [4.69, 9.17) is 9.47 Å². The average Bonchev–Trinajstić information content (AvgIpc) is 2.63. The SMILES string of the molecule is CC(C)(C)OC(=O)N1CCN2C(=O)c3ccccc3OCC2C1. The molecule has 0 aromatic heterocycles. The van der Waals surface area contributed by atoms with Gasteiger partial charge in [-0.1, -0.05) is 12.1 Å². The Kier molecular flexibility index (Phi) is 3.92. The molecular weight excluding hydrogens is 296 g/mol. The van der Waals surface area contributed by atoms with Crippen molar-refractivity contribution in [3.8, 4) is 5.75 Å². The molecule has 1 fully saturated rings. The summed E-state index contributed by atoms with van der Waals surface area (Å²) < 4.78 is 11.2. The van der Waals surface area contributed by atoms with Gasteiger partial charge in [-0.3, -0.25) is 4.79 Å².